The Labute approximate surface area is 237 Å². The number of hydrogen-bond donors (Lipinski definition) is 2. The first-order valence-electron chi connectivity index (χ1n) is 13.9. The Hall–Kier alpha value is -3.73. The lowest BCUT2D eigenvalue weighted by molar-refractivity contribution is 0.0824. The first-order chi connectivity index (χ1) is 19.6. The van der Waals surface area contributed by atoms with E-state index < -0.39 is 0 Å². The summed E-state index contributed by atoms with van der Waals surface area (Å²) in [5.74, 6) is 0.524. The van der Waals surface area contributed by atoms with Crippen molar-refractivity contribution in [1.29, 1.82) is 0 Å². The van der Waals surface area contributed by atoms with E-state index in [1.807, 2.05) is 6.07 Å². The van der Waals surface area contributed by atoms with Crippen molar-refractivity contribution in [2.45, 2.75) is 41.7 Å². The third-order valence-electron chi connectivity index (χ3n) is 7.84. The van der Waals surface area contributed by atoms with Crippen LogP contribution in [0.25, 0.3) is 22.8 Å². The molecule has 3 aliphatic rings. The van der Waals surface area contributed by atoms with Crippen molar-refractivity contribution in [3.8, 4) is 22.8 Å². The number of aliphatic hydroxyl groups excluding tert-OH is 1. The van der Waals surface area contributed by atoms with Crippen LogP contribution < -0.4 is 10.2 Å². The van der Waals surface area contributed by atoms with E-state index in [1.54, 1.807) is 28.7 Å². The standard InChI is InChI=1S/C30H31N7O2S/c38-21-9-15-35(16-10-21)13-3-14-36-24-4-1-2-5-27(24)40-28-7-6-20(18-25(28)36)29-31-11-8-22(33-29)23-19-26-30(39)32-12-17-37(26)34-23/h1-2,4-8,11,18-19,21,38H,3,9-10,12-17H2,(H,32,39). The van der Waals surface area contributed by atoms with E-state index in [2.05, 4.69) is 67.7 Å². The maximum atomic E-state index is 12.2. The summed E-state index contributed by atoms with van der Waals surface area (Å²) in [7, 11) is 0. The van der Waals surface area contributed by atoms with E-state index in [-0.39, 0.29) is 12.0 Å². The molecule has 2 aromatic heterocycles. The second kappa shape index (κ2) is 10.7. The molecule has 7 rings (SSSR count). The number of hydrogen-bond acceptors (Lipinski definition) is 8. The van der Waals surface area contributed by atoms with E-state index >= 15 is 0 Å². The van der Waals surface area contributed by atoms with Gasteiger partial charge in [-0.2, -0.15) is 5.10 Å². The van der Waals surface area contributed by atoms with Gasteiger partial charge in [0.05, 0.1) is 29.7 Å². The highest BCUT2D eigenvalue weighted by atomic mass is 32.2. The lowest BCUT2D eigenvalue weighted by Crippen LogP contribution is -2.37. The molecule has 1 fully saturated rings. The van der Waals surface area contributed by atoms with E-state index in [1.165, 1.54) is 21.2 Å². The minimum Gasteiger partial charge on any atom is -0.393 e. The maximum Gasteiger partial charge on any atom is 0.269 e. The number of rotatable bonds is 6. The molecule has 0 bridgehead atoms. The summed E-state index contributed by atoms with van der Waals surface area (Å²) in [5, 5.41) is 17.3. The van der Waals surface area contributed by atoms with Crippen LogP contribution in [0.1, 0.15) is 29.8 Å². The second-order valence-electron chi connectivity index (χ2n) is 10.5. The molecule has 204 valence electrons. The molecule has 40 heavy (non-hydrogen) atoms. The lowest BCUT2D eigenvalue weighted by Gasteiger charge is -2.34. The number of aliphatic hydroxyl groups is 1. The number of nitrogens with zero attached hydrogens (tertiary/aromatic N) is 6. The Balaban J connectivity index is 1.17. The number of para-hydroxylation sites is 1. The van der Waals surface area contributed by atoms with Crippen LogP contribution in [-0.2, 0) is 6.54 Å². The van der Waals surface area contributed by atoms with Crippen LogP contribution >= 0.6 is 11.8 Å². The summed E-state index contributed by atoms with van der Waals surface area (Å²) < 4.78 is 1.74. The van der Waals surface area contributed by atoms with E-state index in [0.29, 0.717) is 36.0 Å². The van der Waals surface area contributed by atoms with Crippen LogP contribution in [0.4, 0.5) is 11.4 Å². The first-order valence-corrected chi connectivity index (χ1v) is 14.7. The minimum atomic E-state index is -0.146. The molecular weight excluding hydrogens is 522 g/mol. The molecule has 3 aliphatic heterocycles. The number of piperidine rings is 1. The zero-order chi connectivity index (χ0) is 27.1. The van der Waals surface area contributed by atoms with Crippen molar-refractivity contribution in [1.82, 2.24) is 30.0 Å². The van der Waals surface area contributed by atoms with Crippen LogP contribution in [0.5, 0.6) is 0 Å². The number of carbonyl (C=O) groups is 1. The quantitative estimate of drug-likeness (QED) is 0.367. The van der Waals surface area contributed by atoms with Crippen LogP contribution in [0, 0.1) is 0 Å². The van der Waals surface area contributed by atoms with Crippen molar-refractivity contribution in [3.05, 3.63) is 66.5 Å². The number of likely N-dealkylation sites (tertiary alicyclic amines) is 1. The number of amides is 1. The predicted molar refractivity (Wildman–Crippen MR) is 155 cm³/mol. The Kier molecular flexibility index (Phi) is 6.74. The Bertz CT molecular complexity index is 1560. The fraction of sp³-hybridized carbons (Fsp3) is 0.333. The van der Waals surface area contributed by atoms with Gasteiger partial charge in [0.1, 0.15) is 11.4 Å². The lowest BCUT2D eigenvalue weighted by atomic mass is 10.1. The average Bonchev–Trinajstić information content (AvgIpc) is 3.44. The molecule has 1 saturated heterocycles. The van der Waals surface area contributed by atoms with Crippen molar-refractivity contribution in [3.63, 3.8) is 0 Å². The molecule has 0 saturated carbocycles. The van der Waals surface area contributed by atoms with Gasteiger partial charge in [-0.25, -0.2) is 9.97 Å². The monoisotopic (exact) mass is 553 g/mol. The highest BCUT2D eigenvalue weighted by molar-refractivity contribution is 7.99. The van der Waals surface area contributed by atoms with E-state index in [9.17, 15) is 9.90 Å². The molecule has 0 aliphatic carbocycles. The van der Waals surface area contributed by atoms with Gasteiger partial charge in [0.15, 0.2) is 5.82 Å². The molecule has 2 aromatic carbocycles. The molecule has 0 spiro atoms. The van der Waals surface area contributed by atoms with Gasteiger partial charge in [0, 0.05) is 47.7 Å². The highest BCUT2D eigenvalue weighted by Gasteiger charge is 2.25. The average molecular weight is 554 g/mol. The maximum absolute atomic E-state index is 12.2. The molecule has 0 radical (unpaired) electrons. The smallest absolute Gasteiger partial charge is 0.269 e. The molecule has 0 unspecified atom stereocenters. The number of fused-ring (bicyclic) bond motifs is 3. The van der Waals surface area contributed by atoms with Crippen molar-refractivity contribution < 1.29 is 9.90 Å². The minimum absolute atomic E-state index is 0.107. The molecule has 10 heteroatoms. The zero-order valence-electron chi connectivity index (χ0n) is 22.2. The Morgan fingerprint density at radius 1 is 0.950 bits per heavy atom. The van der Waals surface area contributed by atoms with Crippen LogP contribution in [-0.4, -0.2) is 74.5 Å². The molecule has 1 amide bonds. The molecular formula is C30H31N7O2S. The highest BCUT2D eigenvalue weighted by Crippen LogP contribution is 2.49. The van der Waals surface area contributed by atoms with E-state index in [4.69, 9.17) is 4.98 Å². The van der Waals surface area contributed by atoms with Crippen molar-refractivity contribution in [2.75, 3.05) is 37.6 Å². The number of anilines is 2. The van der Waals surface area contributed by atoms with Gasteiger partial charge in [0.2, 0.25) is 0 Å². The summed E-state index contributed by atoms with van der Waals surface area (Å²) in [6, 6.07) is 18.7. The van der Waals surface area contributed by atoms with Crippen molar-refractivity contribution in [2.24, 2.45) is 0 Å². The topological polar surface area (TPSA) is 99.4 Å². The van der Waals surface area contributed by atoms with Crippen LogP contribution in [0.3, 0.4) is 0 Å². The van der Waals surface area contributed by atoms with E-state index in [0.717, 1.165) is 51.0 Å². The van der Waals surface area contributed by atoms with Gasteiger partial charge in [-0.05, 0) is 68.3 Å². The number of benzene rings is 2. The fourth-order valence-corrected chi connectivity index (χ4v) is 6.78. The Morgan fingerprint density at radius 3 is 2.67 bits per heavy atom. The molecule has 4 aromatic rings. The SMILES string of the molecule is O=C1NCCn2nc(-c3ccnc(-c4ccc5c(c4)N(CCCN4CCC(O)CC4)c4ccccc4S5)n3)cc21. The van der Waals surface area contributed by atoms with Crippen molar-refractivity contribution >= 4 is 29.0 Å². The predicted octanol–water partition coefficient (Wildman–Crippen LogP) is 4.20. The third-order valence-corrected chi connectivity index (χ3v) is 8.97. The first kappa shape index (κ1) is 25.3. The van der Waals surface area contributed by atoms with Gasteiger partial charge in [-0.15, -0.1) is 0 Å². The van der Waals surface area contributed by atoms with Gasteiger partial charge >= 0.3 is 0 Å². The number of carbonyl (C=O) groups excluding carboxylic acids is 1. The zero-order valence-corrected chi connectivity index (χ0v) is 23.0. The van der Waals surface area contributed by atoms with Gasteiger partial charge < -0.3 is 20.2 Å². The molecule has 5 heterocycles. The summed E-state index contributed by atoms with van der Waals surface area (Å²) in [5.41, 5.74) is 5.26. The van der Waals surface area contributed by atoms with Crippen LogP contribution in [0.15, 0.2) is 70.6 Å². The summed E-state index contributed by atoms with van der Waals surface area (Å²) in [4.78, 5) is 29.1. The summed E-state index contributed by atoms with van der Waals surface area (Å²) in [6.07, 6.45) is 4.37. The van der Waals surface area contributed by atoms with Gasteiger partial charge in [-0.3, -0.25) is 9.48 Å². The summed E-state index contributed by atoms with van der Waals surface area (Å²) in [6.45, 7) is 5.08. The third kappa shape index (κ3) is 4.87. The van der Waals surface area contributed by atoms with Crippen LogP contribution in [0.2, 0.25) is 0 Å². The number of nitrogens with one attached hydrogen (secondary N) is 1. The second-order valence-corrected chi connectivity index (χ2v) is 11.6. The fourth-order valence-electron chi connectivity index (χ4n) is 5.71. The Morgan fingerprint density at radius 2 is 1.80 bits per heavy atom. The molecule has 9 nitrogen and oxygen atoms in total. The largest absolute Gasteiger partial charge is 0.393 e. The number of aromatic nitrogens is 4. The molecule has 0 atom stereocenters. The molecule has 2 N–H and O–H groups in total. The van der Waals surface area contributed by atoms with Gasteiger partial charge in [-0.1, -0.05) is 23.9 Å². The normalized spacial score (nSPS) is 17.2. The van der Waals surface area contributed by atoms with Gasteiger partial charge in [0.25, 0.3) is 5.91 Å². The summed E-state index contributed by atoms with van der Waals surface area (Å²) >= 11 is 1.80.